The molecule has 4 amide bonds. The lowest BCUT2D eigenvalue weighted by Crippen LogP contribution is -2.29. The van der Waals surface area contributed by atoms with Gasteiger partial charge in [-0.1, -0.05) is 48.2 Å². The number of urea groups is 1. The lowest BCUT2D eigenvalue weighted by molar-refractivity contribution is -0.137. The van der Waals surface area contributed by atoms with Crippen LogP contribution in [0.5, 0.6) is 17.2 Å². The molecule has 0 radical (unpaired) electrons. The van der Waals surface area contributed by atoms with E-state index in [-0.39, 0.29) is 41.0 Å². The number of nitrogens with two attached hydrogens (primary N) is 1. The summed E-state index contributed by atoms with van der Waals surface area (Å²) in [7, 11) is 1.84. The van der Waals surface area contributed by atoms with Gasteiger partial charge in [-0.3, -0.25) is 14.9 Å². The molecule has 2 heterocycles. The highest BCUT2D eigenvalue weighted by Gasteiger charge is 2.35. The van der Waals surface area contributed by atoms with Gasteiger partial charge in [-0.25, -0.2) is 9.78 Å². The van der Waals surface area contributed by atoms with Crippen LogP contribution in [-0.4, -0.2) is 32.0 Å². The van der Waals surface area contributed by atoms with E-state index in [1.165, 1.54) is 18.2 Å². The monoisotopic (exact) mass is 675 g/mol. The Kier molecular flexibility index (Phi) is 9.00. The molecule has 0 bridgehead atoms. The second kappa shape index (κ2) is 13.3. The van der Waals surface area contributed by atoms with Crippen LogP contribution < -0.4 is 25.8 Å². The molecule has 48 heavy (non-hydrogen) atoms. The second-order valence-corrected chi connectivity index (χ2v) is 12.1. The third-order valence-corrected chi connectivity index (χ3v) is 8.67. The Hall–Kier alpha value is -5.50. The van der Waals surface area contributed by atoms with Crippen molar-refractivity contribution >= 4 is 40.0 Å². The van der Waals surface area contributed by atoms with Crippen LogP contribution in [0, 0.1) is 0 Å². The number of aromatic nitrogens is 2. The van der Waals surface area contributed by atoms with Crippen molar-refractivity contribution in [1.82, 2.24) is 20.2 Å². The zero-order valence-electron chi connectivity index (χ0n) is 25.3. The molecule has 6 rings (SSSR count). The lowest BCUT2D eigenvalue weighted by Gasteiger charge is -2.18. The number of alkyl halides is 3. The van der Waals surface area contributed by atoms with Crippen molar-refractivity contribution in [1.29, 1.82) is 0 Å². The van der Waals surface area contributed by atoms with Crippen molar-refractivity contribution in [2.45, 2.75) is 31.0 Å². The fraction of sp³-hybridized carbons (Fsp3) is 0.176. The number of imidazole rings is 1. The molecule has 1 fully saturated rings. The van der Waals surface area contributed by atoms with E-state index in [0.29, 0.717) is 35.0 Å². The van der Waals surface area contributed by atoms with Gasteiger partial charge in [-0.05, 0) is 71.1 Å². The van der Waals surface area contributed by atoms with Crippen molar-refractivity contribution in [2.24, 2.45) is 12.8 Å². The minimum atomic E-state index is -4.64. The Labute approximate surface area is 276 Å². The van der Waals surface area contributed by atoms with Gasteiger partial charge in [0.15, 0.2) is 0 Å². The molecule has 4 aromatic carbocycles. The Balaban J connectivity index is 1.17. The van der Waals surface area contributed by atoms with Gasteiger partial charge >= 0.3 is 12.2 Å². The average molecular weight is 676 g/mol. The fourth-order valence-corrected chi connectivity index (χ4v) is 6.24. The van der Waals surface area contributed by atoms with Crippen LogP contribution >= 0.6 is 11.8 Å². The molecule has 10 nitrogen and oxygen atoms in total. The predicted molar refractivity (Wildman–Crippen MR) is 173 cm³/mol. The van der Waals surface area contributed by atoms with E-state index in [1.54, 1.807) is 48.5 Å². The van der Waals surface area contributed by atoms with Crippen LogP contribution in [0.3, 0.4) is 0 Å². The smallest absolute Gasteiger partial charge is 0.417 e. The van der Waals surface area contributed by atoms with Crippen LogP contribution in [0.15, 0.2) is 84.9 Å². The van der Waals surface area contributed by atoms with Crippen LogP contribution in [0.1, 0.15) is 22.5 Å². The Morgan fingerprint density at radius 3 is 2.44 bits per heavy atom. The number of benzene rings is 4. The zero-order chi connectivity index (χ0) is 34.0. The molecule has 0 aliphatic carbocycles. The van der Waals surface area contributed by atoms with E-state index < -0.39 is 23.0 Å². The van der Waals surface area contributed by atoms with E-state index in [0.717, 1.165) is 28.9 Å². The molecule has 5 aromatic rings. The summed E-state index contributed by atoms with van der Waals surface area (Å²) in [6, 6.07) is 21.8. The minimum absolute atomic E-state index is 0.0812. The summed E-state index contributed by atoms with van der Waals surface area (Å²) in [6.45, 7) is -0.0131. The molecule has 0 saturated carbocycles. The van der Waals surface area contributed by atoms with E-state index in [4.69, 9.17) is 15.2 Å². The first-order chi connectivity index (χ1) is 22.9. The molecule has 1 unspecified atom stereocenters. The Morgan fingerprint density at radius 1 is 1.00 bits per heavy atom. The summed E-state index contributed by atoms with van der Waals surface area (Å²) in [5.74, 6) is 1.72. The topological polar surface area (TPSA) is 138 Å². The first kappa shape index (κ1) is 32.4. The van der Waals surface area contributed by atoms with E-state index in [9.17, 15) is 27.6 Å². The van der Waals surface area contributed by atoms with Gasteiger partial charge in [0, 0.05) is 19.7 Å². The maximum Gasteiger partial charge on any atom is 0.417 e. The highest BCUT2D eigenvalue weighted by atomic mass is 32.2. The van der Waals surface area contributed by atoms with Gasteiger partial charge in [0.05, 0.1) is 21.8 Å². The van der Waals surface area contributed by atoms with Crippen molar-refractivity contribution in [3.63, 3.8) is 0 Å². The Bertz CT molecular complexity index is 2030. The van der Waals surface area contributed by atoms with Crippen molar-refractivity contribution in [3.8, 4) is 28.4 Å². The summed E-state index contributed by atoms with van der Waals surface area (Å²) in [4.78, 5) is 39.2. The number of rotatable bonds is 10. The van der Waals surface area contributed by atoms with Gasteiger partial charge in [0.2, 0.25) is 5.91 Å². The third-order valence-electron chi connectivity index (χ3n) is 7.69. The maximum atomic E-state index is 14.0. The highest BCUT2D eigenvalue weighted by molar-refractivity contribution is 8.15. The molecular formula is C34H28F3N5O5S. The number of halogens is 3. The third kappa shape index (κ3) is 7.23. The number of hydrogen-bond donors (Lipinski definition) is 3. The van der Waals surface area contributed by atoms with E-state index in [1.807, 2.05) is 23.7 Å². The number of thioether (sulfide) groups is 1. The van der Waals surface area contributed by atoms with Gasteiger partial charge in [0.1, 0.15) is 29.7 Å². The minimum Gasteiger partial charge on any atom is -0.486 e. The number of fused-ring (bicyclic) bond motifs is 1. The summed E-state index contributed by atoms with van der Waals surface area (Å²) in [5, 5.41) is 3.87. The largest absolute Gasteiger partial charge is 0.486 e. The standard InChI is InChI=1S/C34H28F3N5O5S/c1-42-27-16-24(47-23-6-2-4-20(15-23)30-21(17-39-32(38)44)5-3-7-25(30)34(35,36)37)12-13-26(27)40-29(42)18-46-22-10-8-19(9-11-22)14-28-31(43)41-33(45)48-28/h2-13,15-16,28H,14,17-18H2,1H3,(H3,38,39,44)(H,41,43,45). The molecule has 1 aromatic heterocycles. The fourth-order valence-electron chi connectivity index (χ4n) is 5.38. The number of amides is 4. The van der Waals surface area contributed by atoms with Gasteiger partial charge in [-0.15, -0.1) is 0 Å². The number of nitrogens with zero attached hydrogens (tertiary/aromatic N) is 2. The molecule has 14 heteroatoms. The lowest BCUT2D eigenvalue weighted by atomic mass is 9.93. The number of imide groups is 1. The first-order valence-electron chi connectivity index (χ1n) is 14.6. The predicted octanol–water partition coefficient (Wildman–Crippen LogP) is 6.69. The molecule has 4 N–H and O–H groups in total. The number of primary amides is 1. The molecule has 1 saturated heterocycles. The molecule has 1 atom stereocenters. The SMILES string of the molecule is Cn1c(COc2ccc(CC3SC(=O)NC3=O)cc2)nc2ccc(Oc3cccc(-c4c(CNC(N)=O)cccc4C(F)(F)F)c3)cc21. The number of ether oxygens (including phenoxy) is 2. The van der Waals surface area contributed by atoms with Crippen LogP contribution in [0.2, 0.25) is 0 Å². The molecular weight excluding hydrogens is 647 g/mol. The number of aryl methyl sites for hydroxylation is 1. The van der Waals surface area contributed by atoms with Crippen molar-refractivity contribution < 1.29 is 37.0 Å². The van der Waals surface area contributed by atoms with Gasteiger partial charge in [0.25, 0.3) is 5.24 Å². The van der Waals surface area contributed by atoms with Crippen LogP contribution in [-0.2, 0) is 37.6 Å². The van der Waals surface area contributed by atoms with Crippen LogP contribution in [0.25, 0.3) is 22.2 Å². The Morgan fingerprint density at radius 2 is 1.73 bits per heavy atom. The number of carbonyl (C=O) groups is 3. The summed E-state index contributed by atoms with van der Waals surface area (Å²) in [6.07, 6.45) is -4.21. The molecule has 1 aliphatic heterocycles. The normalized spacial score (nSPS) is 14.6. The number of nitrogens with one attached hydrogen (secondary N) is 2. The van der Waals surface area contributed by atoms with Gasteiger partial charge in [-0.2, -0.15) is 13.2 Å². The average Bonchev–Trinajstić information content (AvgIpc) is 3.54. The second-order valence-electron chi connectivity index (χ2n) is 10.9. The maximum absolute atomic E-state index is 14.0. The molecule has 0 spiro atoms. The molecule has 246 valence electrons. The molecule has 1 aliphatic rings. The number of hydrogen-bond acceptors (Lipinski definition) is 7. The number of carbonyl (C=O) groups excluding carboxylic acids is 3. The summed E-state index contributed by atoms with van der Waals surface area (Å²) >= 11 is 0.986. The first-order valence-corrected chi connectivity index (χ1v) is 15.5. The summed E-state index contributed by atoms with van der Waals surface area (Å²) < 4.78 is 56.0. The zero-order valence-corrected chi connectivity index (χ0v) is 26.2. The van der Waals surface area contributed by atoms with Gasteiger partial charge < -0.3 is 25.1 Å². The van der Waals surface area contributed by atoms with Crippen molar-refractivity contribution in [3.05, 3.63) is 107 Å². The van der Waals surface area contributed by atoms with E-state index >= 15 is 0 Å². The van der Waals surface area contributed by atoms with E-state index in [2.05, 4.69) is 15.6 Å². The van der Waals surface area contributed by atoms with Crippen LogP contribution in [0.4, 0.5) is 22.8 Å². The van der Waals surface area contributed by atoms with Crippen molar-refractivity contribution in [2.75, 3.05) is 0 Å². The quantitative estimate of drug-likeness (QED) is 0.150. The highest BCUT2D eigenvalue weighted by Crippen LogP contribution is 2.40. The summed E-state index contributed by atoms with van der Waals surface area (Å²) in [5.41, 5.74) is 7.09.